The molecule has 2 rings (SSSR count). The molecule has 0 radical (unpaired) electrons. The number of aryl methyl sites for hydroxylation is 2. The van der Waals surface area contributed by atoms with Crippen LogP contribution in [-0.4, -0.2) is 8.42 Å². The number of benzene rings is 2. The molecule has 0 aliphatic rings. The monoisotopic (exact) mass is 331 g/mol. The summed E-state index contributed by atoms with van der Waals surface area (Å²) in [6.07, 6.45) is 0. The van der Waals surface area contributed by atoms with Crippen molar-refractivity contribution in [2.45, 2.75) is 18.7 Å². The third-order valence-electron chi connectivity index (χ3n) is 2.81. The fourth-order valence-corrected chi connectivity index (χ4v) is 3.53. The van der Waals surface area contributed by atoms with Gasteiger partial charge in [-0.1, -0.05) is 17.7 Å². The van der Waals surface area contributed by atoms with Crippen LogP contribution < -0.4 is 4.72 Å². The van der Waals surface area contributed by atoms with Gasteiger partial charge in [-0.25, -0.2) is 17.2 Å². The van der Waals surface area contributed by atoms with Crippen molar-refractivity contribution in [2.24, 2.45) is 0 Å². The third-order valence-corrected chi connectivity index (χ3v) is 4.66. The molecule has 1 N–H and O–H groups in total. The minimum absolute atomic E-state index is 0.0563. The van der Waals surface area contributed by atoms with E-state index >= 15 is 0 Å². The van der Waals surface area contributed by atoms with E-state index in [4.69, 9.17) is 11.6 Å². The molecule has 2 aromatic rings. The largest absolute Gasteiger partial charge is 0.279 e. The summed E-state index contributed by atoms with van der Waals surface area (Å²) in [5.74, 6) is -1.51. The molecule has 0 saturated heterocycles. The van der Waals surface area contributed by atoms with Crippen molar-refractivity contribution in [3.63, 3.8) is 0 Å². The van der Waals surface area contributed by atoms with Crippen molar-refractivity contribution >= 4 is 27.3 Å². The summed E-state index contributed by atoms with van der Waals surface area (Å²) in [5.41, 5.74) is 0.961. The Morgan fingerprint density at radius 3 is 2.29 bits per heavy atom. The normalized spacial score (nSPS) is 11.5. The molecule has 0 aliphatic heterocycles. The predicted octanol–water partition coefficient (Wildman–Crippen LogP) is 4.04. The Morgan fingerprint density at radius 2 is 1.71 bits per heavy atom. The first-order chi connectivity index (χ1) is 9.70. The summed E-state index contributed by atoms with van der Waals surface area (Å²) in [5, 5.41) is -0.226. The zero-order chi connectivity index (χ0) is 15.8. The Hall–Kier alpha value is -1.66. The molecule has 0 fully saturated rings. The summed E-state index contributed by atoms with van der Waals surface area (Å²) < 4.78 is 53.7. The summed E-state index contributed by atoms with van der Waals surface area (Å²) in [7, 11) is -4.13. The number of rotatable bonds is 3. The van der Waals surface area contributed by atoms with E-state index in [1.807, 2.05) is 0 Å². The first-order valence-electron chi connectivity index (χ1n) is 5.95. The van der Waals surface area contributed by atoms with Gasteiger partial charge in [0, 0.05) is 0 Å². The molecule has 0 spiro atoms. The number of anilines is 1. The smallest absolute Gasteiger partial charge is 0.265 e. The van der Waals surface area contributed by atoms with Crippen molar-refractivity contribution in [2.75, 3.05) is 4.72 Å². The maximum Gasteiger partial charge on any atom is 0.265 e. The van der Waals surface area contributed by atoms with E-state index in [2.05, 4.69) is 4.72 Å². The molecule has 0 unspecified atom stereocenters. The Morgan fingerprint density at radius 1 is 1.05 bits per heavy atom. The second kappa shape index (κ2) is 5.61. The van der Waals surface area contributed by atoms with Crippen LogP contribution in [0.1, 0.15) is 11.1 Å². The fourth-order valence-electron chi connectivity index (χ4n) is 2.01. The van der Waals surface area contributed by atoms with Gasteiger partial charge >= 0.3 is 0 Å². The van der Waals surface area contributed by atoms with E-state index < -0.39 is 26.6 Å². The number of hydrogen-bond donors (Lipinski definition) is 1. The number of nitrogens with one attached hydrogen (secondary N) is 1. The second-order valence-corrected chi connectivity index (χ2v) is 6.65. The quantitative estimate of drug-likeness (QED) is 0.922. The summed E-state index contributed by atoms with van der Waals surface area (Å²) in [4.78, 5) is -0.437. The molecular weight excluding hydrogens is 320 g/mol. The summed E-state index contributed by atoms with van der Waals surface area (Å²) >= 11 is 5.59. The van der Waals surface area contributed by atoms with Crippen molar-refractivity contribution in [3.05, 3.63) is 58.1 Å². The number of halogens is 3. The Bertz CT molecular complexity index is 784. The highest BCUT2D eigenvalue weighted by atomic mass is 35.5. The molecule has 0 atom stereocenters. The SMILES string of the molecule is Cc1cc(C)c(S(=O)(=O)Nc2ccc(F)c(Cl)c2)c(F)c1. The van der Waals surface area contributed by atoms with Crippen LogP contribution in [0.4, 0.5) is 14.5 Å². The molecule has 0 bridgehead atoms. The lowest BCUT2D eigenvalue weighted by molar-refractivity contribution is 0.567. The Balaban J connectivity index is 2.46. The first-order valence-corrected chi connectivity index (χ1v) is 7.81. The Labute approximate surface area is 126 Å². The molecule has 2 aromatic carbocycles. The van der Waals surface area contributed by atoms with Crippen molar-refractivity contribution in [1.82, 2.24) is 0 Å². The molecule has 112 valence electrons. The van der Waals surface area contributed by atoms with Gasteiger partial charge in [-0.05, 0) is 49.2 Å². The van der Waals surface area contributed by atoms with Crippen LogP contribution in [0.3, 0.4) is 0 Å². The van der Waals surface area contributed by atoms with Crippen LogP contribution in [0.15, 0.2) is 35.2 Å². The molecule has 0 heterocycles. The number of sulfonamides is 1. The van der Waals surface area contributed by atoms with E-state index in [0.29, 0.717) is 5.56 Å². The summed E-state index contributed by atoms with van der Waals surface area (Å²) in [6.45, 7) is 3.17. The summed E-state index contributed by atoms with van der Waals surface area (Å²) in [6, 6.07) is 6.06. The minimum atomic E-state index is -4.13. The van der Waals surface area contributed by atoms with Gasteiger partial charge in [-0.3, -0.25) is 4.72 Å². The molecule has 0 saturated carbocycles. The van der Waals surface area contributed by atoms with Crippen LogP contribution in [0.5, 0.6) is 0 Å². The van der Waals surface area contributed by atoms with Gasteiger partial charge in [0.15, 0.2) is 0 Å². The molecule has 0 amide bonds. The van der Waals surface area contributed by atoms with E-state index in [-0.39, 0.29) is 16.3 Å². The molecule has 3 nitrogen and oxygen atoms in total. The average Bonchev–Trinajstić information content (AvgIpc) is 2.31. The van der Waals surface area contributed by atoms with Crippen molar-refractivity contribution in [1.29, 1.82) is 0 Å². The fraction of sp³-hybridized carbons (Fsp3) is 0.143. The van der Waals surface area contributed by atoms with Gasteiger partial charge in [0.25, 0.3) is 10.0 Å². The van der Waals surface area contributed by atoms with Gasteiger partial charge in [0.1, 0.15) is 16.5 Å². The van der Waals surface area contributed by atoms with Crippen molar-refractivity contribution < 1.29 is 17.2 Å². The van der Waals surface area contributed by atoms with Crippen molar-refractivity contribution in [3.8, 4) is 0 Å². The lowest BCUT2D eigenvalue weighted by Crippen LogP contribution is -2.16. The second-order valence-electron chi connectivity index (χ2n) is 4.63. The Kier molecular flexibility index (Phi) is 4.20. The van der Waals surface area contributed by atoms with Crippen LogP contribution in [0.2, 0.25) is 5.02 Å². The van der Waals surface area contributed by atoms with Crippen LogP contribution in [-0.2, 0) is 10.0 Å². The topological polar surface area (TPSA) is 46.2 Å². The predicted molar refractivity (Wildman–Crippen MR) is 78.1 cm³/mol. The average molecular weight is 332 g/mol. The zero-order valence-electron chi connectivity index (χ0n) is 11.2. The highest BCUT2D eigenvalue weighted by Crippen LogP contribution is 2.25. The first kappa shape index (κ1) is 15.7. The van der Waals surface area contributed by atoms with E-state index in [1.54, 1.807) is 13.0 Å². The maximum atomic E-state index is 13.9. The molecular formula is C14H12ClF2NO2S. The van der Waals surface area contributed by atoms with Crippen LogP contribution in [0, 0.1) is 25.5 Å². The highest BCUT2D eigenvalue weighted by molar-refractivity contribution is 7.92. The van der Waals surface area contributed by atoms with E-state index in [1.165, 1.54) is 13.0 Å². The van der Waals surface area contributed by atoms with Crippen LogP contribution >= 0.6 is 11.6 Å². The third kappa shape index (κ3) is 3.33. The molecule has 7 heteroatoms. The van der Waals surface area contributed by atoms with Gasteiger partial charge in [-0.15, -0.1) is 0 Å². The standard InChI is InChI=1S/C14H12ClF2NO2S/c1-8-5-9(2)14(13(17)6-8)21(19,20)18-10-3-4-12(16)11(15)7-10/h3-7,18H,1-2H3. The molecule has 21 heavy (non-hydrogen) atoms. The zero-order valence-corrected chi connectivity index (χ0v) is 12.8. The van der Waals surface area contributed by atoms with Crippen LogP contribution in [0.25, 0.3) is 0 Å². The minimum Gasteiger partial charge on any atom is -0.279 e. The lowest BCUT2D eigenvalue weighted by atomic mass is 10.1. The van der Waals surface area contributed by atoms with Gasteiger partial charge in [0.05, 0.1) is 10.7 Å². The van der Waals surface area contributed by atoms with Gasteiger partial charge in [-0.2, -0.15) is 0 Å². The maximum absolute atomic E-state index is 13.9. The highest BCUT2D eigenvalue weighted by Gasteiger charge is 2.22. The van der Waals surface area contributed by atoms with E-state index in [9.17, 15) is 17.2 Å². The van der Waals surface area contributed by atoms with Gasteiger partial charge in [0.2, 0.25) is 0 Å². The number of hydrogen-bond acceptors (Lipinski definition) is 2. The molecule has 0 aromatic heterocycles. The molecule has 0 aliphatic carbocycles. The lowest BCUT2D eigenvalue weighted by Gasteiger charge is -2.12. The van der Waals surface area contributed by atoms with E-state index in [0.717, 1.165) is 18.2 Å². The van der Waals surface area contributed by atoms with Gasteiger partial charge < -0.3 is 0 Å².